The second-order valence-corrected chi connectivity index (χ2v) is 5.17. The van der Waals surface area contributed by atoms with E-state index in [9.17, 15) is 8.78 Å². The predicted molar refractivity (Wildman–Crippen MR) is 76.6 cm³/mol. The van der Waals surface area contributed by atoms with Gasteiger partial charge in [-0.15, -0.1) is 0 Å². The van der Waals surface area contributed by atoms with E-state index in [1.807, 2.05) is 0 Å². The summed E-state index contributed by atoms with van der Waals surface area (Å²) < 4.78 is 26.9. The highest BCUT2D eigenvalue weighted by Crippen LogP contribution is 2.26. The molecule has 20 heavy (non-hydrogen) atoms. The van der Waals surface area contributed by atoms with Gasteiger partial charge in [0.25, 0.3) is 0 Å². The second kappa shape index (κ2) is 6.50. The van der Waals surface area contributed by atoms with Crippen LogP contribution in [-0.4, -0.2) is 0 Å². The van der Waals surface area contributed by atoms with E-state index in [1.165, 1.54) is 18.2 Å². The molecule has 106 valence electrons. The zero-order valence-electron chi connectivity index (χ0n) is 10.3. The fourth-order valence-corrected chi connectivity index (χ4v) is 2.35. The predicted octanol–water partition coefficient (Wildman–Crippen LogP) is 4.02. The molecule has 0 aliphatic heterocycles. The zero-order chi connectivity index (χ0) is 14.7. The Morgan fingerprint density at radius 2 is 1.85 bits per heavy atom. The largest absolute Gasteiger partial charge is 0.271 e. The zero-order valence-corrected chi connectivity index (χ0v) is 11.8. The molecule has 0 aromatic heterocycles. The molecule has 2 nitrogen and oxygen atoms in total. The summed E-state index contributed by atoms with van der Waals surface area (Å²) in [6, 6.07) is 7.92. The quantitative estimate of drug-likeness (QED) is 0.660. The molecule has 1 atom stereocenters. The molecular weight excluding hydrogens is 305 g/mol. The number of nitrogens with two attached hydrogens (primary N) is 1. The molecule has 0 amide bonds. The van der Waals surface area contributed by atoms with Crippen LogP contribution in [0.25, 0.3) is 0 Å². The van der Waals surface area contributed by atoms with Crippen molar-refractivity contribution in [1.82, 2.24) is 5.43 Å². The van der Waals surface area contributed by atoms with Crippen LogP contribution in [0.3, 0.4) is 0 Å². The number of hydrogen-bond acceptors (Lipinski definition) is 2. The molecule has 0 radical (unpaired) electrons. The lowest BCUT2D eigenvalue weighted by Gasteiger charge is -2.18. The van der Waals surface area contributed by atoms with Gasteiger partial charge in [0.2, 0.25) is 0 Å². The van der Waals surface area contributed by atoms with Gasteiger partial charge in [0.15, 0.2) is 0 Å². The number of hydrazine groups is 1. The molecule has 3 N–H and O–H groups in total. The summed E-state index contributed by atoms with van der Waals surface area (Å²) in [5, 5.41) is 0.585. The van der Waals surface area contributed by atoms with Crippen molar-refractivity contribution in [3.63, 3.8) is 0 Å². The van der Waals surface area contributed by atoms with Crippen LogP contribution < -0.4 is 11.3 Å². The van der Waals surface area contributed by atoms with Crippen molar-refractivity contribution in [1.29, 1.82) is 0 Å². The van der Waals surface area contributed by atoms with Gasteiger partial charge in [0.05, 0.1) is 6.04 Å². The van der Waals surface area contributed by atoms with E-state index in [-0.39, 0.29) is 5.02 Å². The summed E-state index contributed by atoms with van der Waals surface area (Å²) in [6.45, 7) is 0. The summed E-state index contributed by atoms with van der Waals surface area (Å²) in [6.07, 6.45) is 0.328. The molecule has 0 saturated heterocycles. The summed E-state index contributed by atoms with van der Waals surface area (Å²) in [7, 11) is 0. The molecule has 0 bridgehead atoms. The van der Waals surface area contributed by atoms with E-state index in [0.29, 0.717) is 22.6 Å². The Kier molecular flexibility index (Phi) is 4.94. The first-order chi connectivity index (χ1) is 9.51. The van der Waals surface area contributed by atoms with Gasteiger partial charge < -0.3 is 0 Å². The Morgan fingerprint density at radius 1 is 1.10 bits per heavy atom. The minimum atomic E-state index is -0.491. The maximum atomic E-state index is 13.9. The van der Waals surface area contributed by atoms with E-state index in [0.717, 1.165) is 0 Å². The van der Waals surface area contributed by atoms with E-state index >= 15 is 0 Å². The molecule has 0 fully saturated rings. The van der Waals surface area contributed by atoms with Crippen LogP contribution >= 0.6 is 23.2 Å². The van der Waals surface area contributed by atoms with Gasteiger partial charge in [0, 0.05) is 15.6 Å². The van der Waals surface area contributed by atoms with Gasteiger partial charge >= 0.3 is 0 Å². The lowest BCUT2D eigenvalue weighted by atomic mass is 9.99. The summed E-state index contributed by atoms with van der Waals surface area (Å²) >= 11 is 11.7. The smallest absolute Gasteiger partial charge is 0.129 e. The average Bonchev–Trinajstić information content (AvgIpc) is 2.39. The van der Waals surface area contributed by atoms with Gasteiger partial charge in [-0.25, -0.2) is 8.78 Å². The number of hydrogen-bond donors (Lipinski definition) is 2. The third-order valence-corrected chi connectivity index (χ3v) is 3.57. The van der Waals surface area contributed by atoms with Crippen molar-refractivity contribution in [3.05, 3.63) is 69.2 Å². The Balaban J connectivity index is 2.28. The lowest BCUT2D eigenvalue weighted by molar-refractivity contribution is 0.510. The maximum Gasteiger partial charge on any atom is 0.129 e. The third kappa shape index (κ3) is 3.46. The number of benzene rings is 2. The third-order valence-electron chi connectivity index (χ3n) is 2.98. The van der Waals surface area contributed by atoms with Crippen LogP contribution in [0.4, 0.5) is 8.78 Å². The highest BCUT2D eigenvalue weighted by atomic mass is 35.5. The topological polar surface area (TPSA) is 38.0 Å². The molecule has 1 unspecified atom stereocenters. The first kappa shape index (κ1) is 15.2. The molecule has 2 aromatic rings. The number of rotatable bonds is 4. The highest BCUT2D eigenvalue weighted by molar-refractivity contribution is 6.31. The van der Waals surface area contributed by atoms with Crippen molar-refractivity contribution < 1.29 is 8.78 Å². The molecule has 0 heterocycles. The molecule has 0 spiro atoms. The molecule has 6 heteroatoms. The lowest BCUT2D eigenvalue weighted by Crippen LogP contribution is -2.30. The Labute approximate surface area is 125 Å². The van der Waals surface area contributed by atoms with Crippen molar-refractivity contribution >= 4 is 23.2 Å². The molecule has 0 saturated carbocycles. The van der Waals surface area contributed by atoms with Gasteiger partial charge in [-0.1, -0.05) is 35.3 Å². The molecule has 2 aromatic carbocycles. The summed E-state index contributed by atoms with van der Waals surface area (Å²) in [5.74, 6) is 4.59. The second-order valence-electron chi connectivity index (χ2n) is 4.32. The van der Waals surface area contributed by atoms with Crippen LogP contribution in [0.15, 0.2) is 36.4 Å². The monoisotopic (exact) mass is 316 g/mol. The molecule has 0 aliphatic carbocycles. The molecule has 2 rings (SSSR count). The standard InChI is InChI=1S/C14H12Cl2F2N2/c15-9-2-4-11(13(18)6-9)14(20-19)5-8-1-3-10(17)7-12(8)16/h1-4,6-7,14,20H,5,19H2. The van der Waals surface area contributed by atoms with E-state index in [1.54, 1.807) is 18.2 Å². The average molecular weight is 317 g/mol. The van der Waals surface area contributed by atoms with Crippen LogP contribution in [0.2, 0.25) is 10.0 Å². The Bertz CT molecular complexity index is 620. The minimum Gasteiger partial charge on any atom is -0.271 e. The van der Waals surface area contributed by atoms with Gasteiger partial charge in [0.1, 0.15) is 11.6 Å². The van der Waals surface area contributed by atoms with Crippen molar-refractivity contribution in [2.75, 3.05) is 0 Å². The van der Waals surface area contributed by atoms with Crippen LogP contribution in [0, 0.1) is 11.6 Å². The van der Waals surface area contributed by atoms with E-state index in [4.69, 9.17) is 29.0 Å². The number of nitrogens with one attached hydrogen (secondary N) is 1. The van der Waals surface area contributed by atoms with Gasteiger partial charge in [-0.2, -0.15) is 0 Å². The van der Waals surface area contributed by atoms with Crippen LogP contribution in [-0.2, 0) is 6.42 Å². The number of halogens is 4. The SMILES string of the molecule is NNC(Cc1ccc(F)cc1Cl)c1ccc(Cl)cc1F. The normalized spacial score (nSPS) is 12.4. The van der Waals surface area contributed by atoms with Crippen LogP contribution in [0.1, 0.15) is 17.2 Å². The van der Waals surface area contributed by atoms with Crippen LogP contribution in [0.5, 0.6) is 0 Å². The minimum absolute atomic E-state index is 0.277. The van der Waals surface area contributed by atoms with E-state index < -0.39 is 17.7 Å². The van der Waals surface area contributed by atoms with Crippen molar-refractivity contribution in [2.45, 2.75) is 12.5 Å². The fourth-order valence-electron chi connectivity index (χ4n) is 1.95. The van der Waals surface area contributed by atoms with Crippen molar-refractivity contribution in [2.24, 2.45) is 5.84 Å². The van der Waals surface area contributed by atoms with Gasteiger partial charge in [-0.3, -0.25) is 11.3 Å². The summed E-state index contributed by atoms with van der Waals surface area (Å²) in [5.41, 5.74) is 3.58. The van der Waals surface area contributed by atoms with Gasteiger partial charge in [-0.05, 0) is 36.2 Å². The first-order valence-corrected chi connectivity index (χ1v) is 6.62. The summed E-state index contributed by atoms with van der Waals surface area (Å²) in [4.78, 5) is 0. The molecular formula is C14H12Cl2F2N2. The van der Waals surface area contributed by atoms with Crippen molar-refractivity contribution in [3.8, 4) is 0 Å². The first-order valence-electron chi connectivity index (χ1n) is 5.86. The molecule has 0 aliphatic rings. The Morgan fingerprint density at radius 3 is 2.45 bits per heavy atom. The highest BCUT2D eigenvalue weighted by Gasteiger charge is 2.17. The maximum absolute atomic E-state index is 13.9. The fraction of sp³-hybridized carbons (Fsp3) is 0.143. The Hall–Kier alpha value is -1.20. The van der Waals surface area contributed by atoms with E-state index in [2.05, 4.69) is 5.43 Å².